The highest BCUT2D eigenvalue weighted by atomic mass is 32.1. The van der Waals surface area contributed by atoms with Gasteiger partial charge >= 0.3 is 0 Å². The van der Waals surface area contributed by atoms with Crippen LogP contribution in [0.5, 0.6) is 0 Å². The lowest BCUT2D eigenvalue weighted by Crippen LogP contribution is -2.23. The van der Waals surface area contributed by atoms with Crippen LogP contribution in [0.4, 0.5) is 4.39 Å². The van der Waals surface area contributed by atoms with Gasteiger partial charge < -0.3 is 5.32 Å². The molecule has 1 amide bonds. The molecular weight excluding hydrogens is 323 g/mol. The molecule has 2 heterocycles. The second-order valence-electron chi connectivity index (χ2n) is 5.43. The van der Waals surface area contributed by atoms with E-state index in [1.54, 1.807) is 35.7 Å². The number of carbonyl (C=O) groups excluding carboxylic acids is 1. The molecule has 0 saturated carbocycles. The summed E-state index contributed by atoms with van der Waals surface area (Å²) in [4.78, 5) is 17.3. The Labute approximate surface area is 144 Å². The fourth-order valence-electron chi connectivity index (χ4n) is 2.40. The molecule has 1 aromatic carbocycles. The predicted octanol–water partition coefficient (Wildman–Crippen LogP) is 4.20. The molecule has 0 spiro atoms. The first-order chi connectivity index (χ1) is 11.7. The largest absolute Gasteiger partial charge is 0.352 e. The van der Waals surface area contributed by atoms with Crippen molar-refractivity contribution in [2.24, 2.45) is 0 Å². The lowest BCUT2D eigenvalue weighted by molar-refractivity contribution is -0.121. The summed E-state index contributed by atoms with van der Waals surface area (Å²) in [6.07, 6.45) is 4.22. The molecule has 2 aromatic heterocycles. The number of rotatable bonds is 6. The average molecular weight is 340 g/mol. The zero-order chi connectivity index (χ0) is 16.8. The first-order valence-electron chi connectivity index (χ1n) is 7.70. The highest BCUT2D eigenvalue weighted by Crippen LogP contribution is 2.24. The number of aryl methyl sites for hydroxylation is 1. The molecule has 0 radical (unpaired) electrons. The summed E-state index contributed by atoms with van der Waals surface area (Å²) in [5, 5.41) is 4.88. The molecule has 0 bridgehead atoms. The van der Waals surface area contributed by atoms with Crippen molar-refractivity contribution in [3.8, 4) is 10.4 Å². The number of nitrogens with one attached hydrogen (secondary N) is 1. The second-order valence-corrected chi connectivity index (χ2v) is 6.37. The van der Waals surface area contributed by atoms with Crippen molar-refractivity contribution < 1.29 is 9.18 Å². The second kappa shape index (κ2) is 7.84. The smallest absolute Gasteiger partial charge is 0.220 e. The van der Waals surface area contributed by atoms with Gasteiger partial charge in [0.25, 0.3) is 0 Å². The molecule has 0 atom stereocenters. The molecule has 0 unspecified atom stereocenters. The summed E-state index contributed by atoms with van der Waals surface area (Å²) in [7, 11) is 0. The van der Waals surface area contributed by atoms with E-state index < -0.39 is 0 Å². The maximum atomic E-state index is 13.5. The Kier molecular flexibility index (Phi) is 5.33. The van der Waals surface area contributed by atoms with Gasteiger partial charge in [-0.15, -0.1) is 11.3 Å². The van der Waals surface area contributed by atoms with E-state index in [1.165, 1.54) is 6.07 Å². The van der Waals surface area contributed by atoms with Crippen LogP contribution in [0.1, 0.15) is 17.5 Å². The highest BCUT2D eigenvalue weighted by molar-refractivity contribution is 7.13. The highest BCUT2D eigenvalue weighted by Gasteiger charge is 2.06. The van der Waals surface area contributed by atoms with Gasteiger partial charge in [-0.2, -0.15) is 0 Å². The molecule has 3 aromatic rings. The SMILES string of the molecule is O=C(CCc1ccccc1F)NCc1cncc(-c2cccs2)c1. The molecule has 122 valence electrons. The number of hydrogen-bond donors (Lipinski definition) is 1. The van der Waals surface area contributed by atoms with Crippen LogP contribution >= 0.6 is 11.3 Å². The van der Waals surface area contributed by atoms with E-state index in [9.17, 15) is 9.18 Å². The molecule has 3 nitrogen and oxygen atoms in total. The number of pyridine rings is 1. The maximum Gasteiger partial charge on any atom is 0.220 e. The van der Waals surface area contributed by atoms with Crippen LogP contribution in [0.15, 0.2) is 60.2 Å². The van der Waals surface area contributed by atoms with Crippen LogP contribution in [0.2, 0.25) is 0 Å². The van der Waals surface area contributed by atoms with Gasteiger partial charge in [-0.05, 0) is 41.1 Å². The van der Waals surface area contributed by atoms with Crippen molar-refractivity contribution in [3.63, 3.8) is 0 Å². The van der Waals surface area contributed by atoms with Gasteiger partial charge in [0.2, 0.25) is 5.91 Å². The standard InChI is InChI=1S/C19H17FN2OS/c20-17-5-2-1-4-15(17)7-8-19(23)22-12-14-10-16(13-21-11-14)18-6-3-9-24-18/h1-6,9-11,13H,7-8,12H2,(H,22,23). The summed E-state index contributed by atoms with van der Waals surface area (Å²) in [5.41, 5.74) is 2.55. The summed E-state index contributed by atoms with van der Waals surface area (Å²) < 4.78 is 13.5. The van der Waals surface area contributed by atoms with E-state index >= 15 is 0 Å². The summed E-state index contributed by atoms with van der Waals surface area (Å²) in [6.45, 7) is 0.419. The summed E-state index contributed by atoms with van der Waals surface area (Å²) >= 11 is 1.65. The minimum Gasteiger partial charge on any atom is -0.352 e. The minimum atomic E-state index is -0.266. The normalized spacial score (nSPS) is 10.5. The lowest BCUT2D eigenvalue weighted by atomic mass is 10.1. The number of benzene rings is 1. The molecule has 5 heteroatoms. The van der Waals surface area contributed by atoms with Crippen molar-refractivity contribution >= 4 is 17.2 Å². The number of hydrogen-bond acceptors (Lipinski definition) is 3. The van der Waals surface area contributed by atoms with Gasteiger partial charge in [0.15, 0.2) is 0 Å². The molecular formula is C19H17FN2OS. The topological polar surface area (TPSA) is 42.0 Å². The Morgan fingerprint density at radius 1 is 1.17 bits per heavy atom. The van der Waals surface area contributed by atoms with Crippen molar-refractivity contribution in [2.75, 3.05) is 0 Å². The Morgan fingerprint density at radius 2 is 2.04 bits per heavy atom. The van der Waals surface area contributed by atoms with E-state index in [2.05, 4.69) is 10.3 Å². The van der Waals surface area contributed by atoms with Gasteiger partial charge in [-0.1, -0.05) is 24.3 Å². The van der Waals surface area contributed by atoms with Crippen molar-refractivity contribution in [1.82, 2.24) is 10.3 Å². The number of carbonyl (C=O) groups is 1. The molecule has 0 saturated heterocycles. The number of amides is 1. The fraction of sp³-hybridized carbons (Fsp3) is 0.158. The van der Waals surface area contributed by atoms with Gasteiger partial charge in [0.05, 0.1) is 0 Å². The Morgan fingerprint density at radius 3 is 2.83 bits per heavy atom. The van der Waals surface area contributed by atoms with Crippen molar-refractivity contribution in [3.05, 3.63) is 77.2 Å². The molecule has 0 aliphatic carbocycles. The minimum absolute atomic E-state index is 0.0974. The lowest BCUT2D eigenvalue weighted by Gasteiger charge is -2.07. The summed E-state index contributed by atoms with van der Waals surface area (Å²) in [5.74, 6) is -0.363. The van der Waals surface area contributed by atoms with Crippen LogP contribution in [0, 0.1) is 5.82 Å². The zero-order valence-electron chi connectivity index (χ0n) is 13.0. The number of nitrogens with zero attached hydrogens (tertiary/aromatic N) is 1. The molecule has 1 N–H and O–H groups in total. The molecule has 24 heavy (non-hydrogen) atoms. The van der Waals surface area contributed by atoms with Gasteiger partial charge in [-0.25, -0.2) is 4.39 Å². The first-order valence-corrected chi connectivity index (χ1v) is 8.58. The van der Waals surface area contributed by atoms with E-state index in [4.69, 9.17) is 0 Å². The third-order valence-electron chi connectivity index (χ3n) is 3.67. The third kappa shape index (κ3) is 4.26. The van der Waals surface area contributed by atoms with Crippen LogP contribution < -0.4 is 5.32 Å². The third-order valence-corrected chi connectivity index (χ3v) is 4.59. The molecule has 0 aliphatic heterocycles. The van der Waals surface area contributed by atoms with Crippen LogP contribution in [0.3, 0.4) is 0 Å². The van der Waals surface area contributed by atoms with Gasteiger partial charge in [-0.3, -0.25) is 9.78 Å². The van der Waals surface area contributed by atoms with E-state index in [-0.39, 0.29) is 18.1 Å². The predicted molar refractivity (Wildman–Crippen MR) is 94.1 cm³/mol. The molecule has 0 aliphatic rings. The zero-order valence-corrected chi connectivity index (χ0v) is 13.9. The van der Waals surface area contributed by atoms with E-state index in [0.717, 1.165) is 16.0 Å². The number of halogens is 1. The van der Waals surface area contributed by atoms with Crippen molar-refractivity contribution in [1.29, 1.82) is 0 Å². The van der Waals surface area contributed by atoms with Crippen LogP contribution in [-0.4, -0.2) is 10.9 Å². The first kappa shape index (κ1) is 16.3. The Balaban J connectivity index is 1.53. The van der Waals surface area contributed by atoms with Crippen molar-refractivity contribution in [2.45, 2.75) is 19.4 Å². The number of thiophene rings is 1. The van der Waals surface area contributed by atoms with Crippen LogP contribution in [-0.2, 0) is 17.8 Å². The quantitative estimate of drug-likeness (QED) is 0.731. The Hall–Kier alpha value is -2.53. The van der Waals surface area contributed by atoms with E-state index in [1.807, 2.05) is 29.8 Å². The van der Waals surface area contributed by atoms with E-state index in [0.29, 0.717) is 18.5 Å². The number of aromatic nitrogens is 1. The monoisotopic (exact) mass is 340 g/mol. The Bertz CT molecular complexity index is 818. The maximum absolute atomic E-state index is 13.5. The molecule has 3 rings (SSSR count). The van der Waals surface area contributed by atoms with Crippen LogP contribution in [0.25, 0.3) is 10.4 Å². The van der Waals surface area contributed by atoms with Gasteiger partial charge in [0, 0.05) is 35.8 Å². The van der Waals surface area contributed by atoms with Gasteiger partial charge in [0.1, 0.15) is 5.82 Å². The molecule has 0 fully saturated rings. The summed E-state index contributed by atoms with van der Waals surface area (Å²) in [6, 6.07) is 12.6. The average Bonchev–Trinajstić information content (AvgIpc) is 3.14. The fourth-order valence-corrected chi connectivity index (χ4v) is 3.11.